The first-order chi connectivity index (χ1) is 14.7. The van der Waals surface area contributed by atoms with Gasteiger partial charge in [0, 0.05) is 44.0 Å². The number of benzene rings is 2. The van der Waals surface area contributed by atoms with Gasteiger partial charge in [-0.05, 0) is 19.1 Å². The van der Waals surface area contributed by atoms with Crippen molar-refractivity contribution in [3.05, 3.63) is 69.0 Å². The van der Waals surface area contributed by atoms with Crippen molar-refractivity contribution in [3.63, 3.8) is 0 Å². The molecule has 0 bridgehead atoms. The van der Waals surface area contributed by atoms with Crippen LogP contribution in [0.1, 0.15) is 15.9 Å². The fraction of sp³-hybridized carbons (Fsp3) is 0.238. The van der Waals surface area contributed by atoms with Crippen LogP contribution in [0.25, 0.3) is 16.6 Å². The monoisotopic (exact) mass is 435 g/mol. The predicted octanol–water partition coefficient (Wildman–Crippen LogP) is 2.96. The van der Waals surface area contributed by atoms with Crippen molar-refractivity contribution in [2.75, 3.05) is 31.1 Å². The zero-order valence-corrected chi connectivity index (χ0v) is 16.3. The van der Waals surface area contributed by atoms with Gasteiger partial charge in [0.2, 0.25) is 5.43 Å². The molecule has 2 aromatic carbocycles. The highest BCUT2D eigenvalue weighted by Gasteiger charge is 2.29. The molecular formula is C21H17F4N3O3. The topological polar surface area (TPSA) is 74.6 Å². The van der Waals surface area contributed by atoms with E-state index >= 15 is 8.78 Å². The lowest BCUT2D eigenvalue weighted by atomic mass is 10.0. The molecule has 0 unspecified atom stereocenters. The maximum atomic E-state index is 15.8. The number of pyridine rings is 1. The third-order valence-electron chi connectivity index (χ3n) is 5.37. The molecule has 0 saturated carbocycles. The summed E-state index contributed by atoms with van der Waals surface area (Å²) >= 11 is 0. The molecule has 6 nitrogen and oxygen atoms in total. The summed E-state index contributed by atoms with van der Waals surface area (Å²) in [6, 6.07) is 2.45. The van der Waals surface area contributed by atoms with Crippen LogP contribution in [0.5, 0.6) is 0 Å². The van der Waals surface area contributed by atoms with Crippen molar-refractivity contribution >= 4 is 22.6 Å². The number of nitrogens with zero attached hydrogens (tertiary/aromatic N) is 2. The molecule has 1 aliphatic rings. The summed E-state index contributed by atoms with van der Waals surface area (Å²) in [5.41, 5.74) is -3.39. The number of hydrogen-bond acceptors (Lipinski definition) is 4. The third-order valence-corrected chi connectivity index (χ3v) is 5.37. The number of carboxylic acids is 1. The number of aromatic carboxylic acids is 1. The molecule has 2 N–H and O–H groups in total. The molecule has 1 saturated heterocycles. The van der Waals surface area contributed by atoms with Gasteiger partial charge in [0.15, 0.2) is 11.6 Å². The van der Waals surface area contributed by atoms with Crippen LogP contribution >= 0.6 is 0 Å². The molecule has 3 aromatic rings. The number of carbonyl (C=O) groups is 1. The maximum Gasteiger partial charge on any atom is 0.341 e. The van der Waals surface area contributed by atoms with E-state index < -0.39 is 51.1 Å². The smallest absolute Gasteiger partial charge is 0.341 e. The van der Waals surface area contributed by atoms with Gasteiger partial charge in [-0.1, -0.05) is 0 Å². The lowest BCUT2D eigenvalue weighted by molar-refractivity contribution is 0.0695. The van der Waals surface area contributed by atoms with E-state index in [1.54, 1.807) is 0 Å². The van der Waals surface area contributed by atoms with Crippen molar-refractivity contribution in [1.29, 1.82) is 0 Å². The van der Waals surface area contributed by atoms with Crippen molar-refractivity contribution in [2.24, 2.45) is 0 Å². The molecule has 1 fully saturated rings. The summed E-state index contributed by atoms with van der Waals surface area (Å²) in [5, 5.41) is 12.0. The number of aromatic nitrogens is 1. The molecule has 4 rings (SSSR count). The Hall–Kier alpha value is -3.40. The van der Waals surface area contributed by atoms with Crippen LogP contribution in [0.4, 0.5) is 23.2 Å². The van der Waals surface area contributed by atoms with Crippen molar-refractivity contribution < 1.29 is 27.5 Å². The van der Waals surface area contributed by atoms with Crippen molar-refractivity contribution in [3.8, 4) is 5.69 Å². The van der Waals surface area contributed by atoms with Crippen LogP contribution in [-0.4, -0.2) is 41.8 Å². The van der Waals surface area contributed by atoms with E-state index in [-0.39, 0.29) is 16.9 Å². The normalized spacial score (nSPS) is 14.3. The second-order valence-corrected chi connectivity index (χ2v) is 7.21. The Balaban J connectivity index is 2.18. The number of halogens is 4. The maximum absolute atomic E-state index is 15.8. The van der Waals surface area contributed by atoms with E-state index in [2.05, 4.69) is 5.32 Å². The van der Waals surface area contributed by atoms with Crippen LogP contribution in [0.2, 0.25) is 0 Å². The molecule has 1 aromatic heterocycles. The Morgan fingerprint density at radius 2 is 1.77 bits per heavy atom. The quantitative estimate of drug-likeness (QED) is 0.619. The van der Waals surface area contributed by atoms with E-state index in [0.29, 0.717) is 32.2 Å². The standard InChI is InChI=1S/C21H17F4N3O3/c1-10-15-18(17(25)19(16(10)24)27-6-4-26-5-7-27)28(9-12(20(15)29)21(30)31)14-3-2-11(22)8-13(14)23/h2-3,8-9,26H,4-7H2,1H3,(H,30,31). The Kier molecular flexibility index (Phi) is 5.18. The number of aryl methyl sites for hydroxylation is 1. The van der Waals surface area contributed by atoms with Gasteiger partial charge >= 0.3 is 5.97 Å². The molecule has 0 aliphatic carbocycles. The number of anilines is 1. The zero-order chi connectivity index (χ0) is 22.4. The van der Waals surface area contributed by atoms with Gasteiger partial charge in [-0.25, -0.2) is 22.4 Å². The lowest BCUT2D eigenvalue weighted by Crippen LogP contribution is -2.44. The minimum Gasteiger partial charge on any atom is -0.477 e. The highest BCUT2D eigenvalue weighted by atomic mass is 19.1. The van der Waals surface area contributed by atoms with Crippen molar-refractivity contribution in [1.82, 2.24) is 9.88 Å². The van der Waals surface area contributed by atoms with Gasteiger partial charge in [-0.15, -0.1) is 0 Å². The van der Waals surface area contributed by atoms with E-state index in [9.17, 15) is 23.5 Å². The number of fused-ring (bicyclic) bond motifs is 1. The molecule has 2 heterocycles. The minimum absolute atomic E-state index is 0.255. The zero-order valence-electron chi connectivity index (χ0n) is 16.3. The fourth-order valence-electron chi connectivity index (χ4n) is 3.86. The summed E-state index contributed by atoms with van der Waals surface area (Å²) in [6.45, 7) is 2.78. The van der Waals surface area contributed by atoms with Gasteiger partial charge in [0.05, 0.1) is 16.6 Å². The van der Waals surface area contributed by atoms with Crippen LogP contribution in [0, 0.1) is 30.2 Å². The summed E-state index contributed by atoms with van der Waals surface area (Å²) in [6.07, 6.45) is 0.769. The molecule has 0 amide bonds. The summed E-state index contributed by atoms with van der Waals surface area (Å²) < 4.78 is 59.8. The van der Waals surface area contributed by atoms with Crippen LogP contribution < -0.4 is 15.6 Å². The van der Waals surface area contributed by atoms with Gasteiger partial charge in [-0.2, -0.15) is 0 Å². The average Bonchev–Trinajstić information content (AvgIpc) is 2.73. The van der Waals surface area contributed by atoms with E-state index in [1.165, 1.54) is 11.8 Å². The Morgan fingerprint density at radius 3 is 2.39 bits per heavy atom. The minimum atomic E-state index is -1.64. The highest BCUT2D eigenvalue weighted by Crippen LogP contribution is 2.35. The number of hydrogen-bond donors (Lipinski definition) is 2. The van der Waals surface area contributed by atoms with Crippen LogP contribution in [0.3, 0.4) is 0 Å². The lowest BCUT2D eigenvalue weighted by Gasteiger charge is -2.31. The van der Waals surface area contributed by atoms with Gasteiger partial charge in [0.25, 0.3) is 0 Å². The number of carboxylic acid groups (broad SMARTS) is 1. The highest BCUT2D eigenvalue weighted by molar-refractivity contribution is 5.96. The first-order valence-electron chi connectivity index (χ1n) is 9.43. The molecule has 31 heavy (non-hydrogen) atoms. The molecular weight excluding hydrogens is 418 g/mol. The molecule has 0 atom stereocenters. The molecule has 0 spiro atoms. The predicted molar refractivity (Wildman–Crippen MR) is 106 cm³/mol. The Bertz CT molecular complexity index is 1280. The summed E-state index contributed by atoms with van der Waals surface area (Å²) in [7, 11) is 0. The number of piperazine rings is 1. The van der Waals surface area contributed by atoms with Gasteiger partial charge in [-0.3, -0.25) is 4.79 Å². The number of rotatable bonds is 3. The Morgan fingerprint density at radius 1 is 1.10 bits per heavy atom. The summed E-state index contributed by atoms with van der Waals surface area (Å²) in [5.74, 6) is -5.76. The fourth-order valence-corrected chi connectivity index (χ4v) is 3.86. The third kappa shape index (κ3) is 3.32. The first-order valence-corrected chi connectivity index (χ1v) is 9.43. The molecule has 0 radical (unpaired) electrons. The SMILES string of the molecule is Cc1c(F)c(N2CCNCC2)c(F)c2c1c(=O)c(C(=O)O)cn2-c1ccc(F)cc1F. The second-order valence-electron chi connectivity index (χ2n) is 7.21. The Labute approximate surface area is 173 Å². The van der Waals surface area contributed by atoms with Crippen LogP contribution in [-0.2, 0) is 0 Å². The second kappa shape index (κ2) is 7.69. The van der Waals surface area contributed by atoms with E-state index in [0.717, 1.165) is 22.9 Å². The molecule has 10 heteroatoms. The first kappa shape index (κ1) is 20.9. The summed E-state index contributed by atoms with van der Waals surface area (Å²) in [4.78, 5) is 25.9. The molecule has 162 valence electrons. The van der Waals surface area contributed by atoms with E-state index in [1.807, 2.05) is 0 Å². The largest absolute Gasteiger partial charge is 0.477 e. The van der Waals surface area contributed by atoms with Crippen LogP contribution in [0.15, 0.2) is 29.2 Å². The molecule has 1 aliphatic heterocycles. The van der Waals surface area contributed by atoms with E-state index in [4.69, 9.17) is 0 Å². The van der Waals surface area contributed by atoms with Gasteiger partial charge < -0.3 is 19.9 Å². The number of nitrogens with one attached hydrogen (secondary N) is 1. The van der Waals surface area contributed by atoms with Crippen molar-refractivity contribution in [2.45, 2.75) is 6.92 Å². The average molecular weight is 435 g/mol. The van der Waals surface area contributed by atoms with Gasteiger partial charge in [0.1, 0.15) is 22.9 Å².